The lowest BCUT2D eigenvalue weighted by Gasteiger charge is -2.16. The average molecular weight is 237 g/mol. The molecule has 1 aromatic rings. The molecule has 17 heavy (non-hydrogen) atoms. The SMILES string of the molecule is CCc1ccc(OC)c([C@H](O)CCC(=O)[O-])c1. The lowest BCUT2D eigenvalue weighted by molar-refractivity contribution is -0.306. The second-order valence-electron chi connectivity index (χ2n) is 3.86. The highest BCUT2D eigenvalue weighted by Gasteiger charge is 2.13. The number of carboxylic acids is 1. The van der Waals surface area contributed by atoms with Crippen LogP contribution in [0.4, 0.5) is 0 Å². The summed E-state index contributed by atoms with van der Waals surface area (Å²) in [4.78, 5) is 10.4. The van der Waals surface area contributed by atoms with Crippen LogP contribution in [0.1, 0.15) is 37.0 Å². The van der Waals surface area contributed by atoms with Crippen molar-refractivity contribution < 1.29 is 19.7 Å². The van der Waals surface area contributed by atoms with Gasteiger partial charge in [0, 0.05) is 11.5 Å². The maximum absolute atomic E-state index is 10.4. The van der Waals surface area contributed by atoms with E-state index in [1.54, 1.807) is 6.07 Å². The Labute approximate surface area is 101 Å². The maximum atomic E-state index is 10.4. The van der Waals surface area contributed by atoms with Gasteiger partial charge < -0.3 is 19.7 Å². The highest BCUT2D eigenvalue weighted by atomic mass is 16.5. The average Bonchev–Trinajstić information content (AvgIpc) is 2.34. The number of ether oxygens (including phenoxy) is 1. The Morgan fingerprint density at radius 1 is 1.53 bits per heavy atom. The molecule has 1 N–H and O–H groups in total. The minimum Gasteiger partial charge on any atom is -0.550 e. The molecule has 4 heteroatoms. The largest absolute Gasteiger partial charge is 0.550 e. The molecule has 0 bridgehead atoms. The number of carbonyl (C=O) groups is 1. The van der Waals surface area contributed by atoms with E-state index in [9.17, 15) is 15.0 Å². The summed E-state index contributed by atoms with van der Waals surface area (Å²) in [5.41, 5.74) is 1.71. The standard InChI is InChI=1S/C13H18O4/c1-3-9-4-6-12(17-2)10(8-9)11(14)5-7-13(15)16/h4,6,8,11,14H,3,5,7H2,1-2H3,(H,15,16)/p-1/t11-/m1/s1. The van der Waals surface area contributed by atoms with Gasteiger partial charge in [-0.05, 0) is 37.0 Å². The molecule has 0 heterocycles. The molecule has 0 spiro atoms. The van der Waals surface area contributed by atoms with Crippen LogP contribution in [0.2, 0.25) is 0 Å². The molecule has 4 nitrogen and oxygen atoms in total. The van der Waals surface area contributed by atoms with Crippen LogP contribution in [-0.4, -0.2) is 18.2 Å². The number of aliphatic hydroxyl groups is 1. The van der Waals surface area contributed by atoms with Crippen molar-refractivity contribution in [1.82, 2.24) is 0 Å². The Bertz CT molecular complexity index is 387. The Morgan fingerprint density at radius 2 is 2.24 bits per heavy atom. The van der Waals surface area contributed by atoms with Crippen LogP contribution >= 0.6 is 0 Å². The van der Waals surface area contributed by atoms with Gasteiger partial charge in [-0.2, -0.15) is 0 Å². The molecule has 0 aromatic heterocycles. The van der Waals surface area contributed by atoms with E-state index in [1.165, 1.54) is 7.11 Å². The summed E-state index contributed by atoms with van der Waals surface area (Å²) in [6.07, 6.45) is -0.0224. The van der Waals surface area contributed by atoms with E-state index in [2.05, 4.69) is 0 Å². The minimum atomic E-state index is -1.16. The first-order chi connectivity index (χ1) is 8.08. The molecule has 1 aromatic carbocycles. The van der Waals surface area contributed by atoms with Gasteiger partial charge in [0.05, 0.1) is 13.2 Å². The first kappa shape index (κ1) is 13.5. The Balaban J connectivity index is 2.88. The fourth-order valence-electron chi connectivity index (χ4n) is 1.67. The van der Waals surface area contributed by atoms with Gasteiger partial charge in [0.15, 0.2) is 0 Å². The quantitative estimate of drug-likeness (QED) is 0.795. The molecule has 0 unspecified atom stereocenters. The summed E-state index contributed by atoms with van der Waals surface area (Å²) in [6.45, 7) is 2.01. The molecule has 0 aliphatic rings. The molecule has 0 amide bonds. The summed E-state index contributed by atoms with van der Waals surface area (Å²) < 4.78 is 5.15. The fourth-order valence-corrected chi connectivity index (χ4v) is 1.67. The zero-order valence-corrected chi connectivity index (χ0v) is 10.1. The molecular formula is C13H17O4-. The predicted octanol–water partition coefficient (Wildman–Crippen LogP) is 0.821. The van der Waals surface area contributed by atoms with Gasteiger partial charge in [0.25, 0.3) is 0 Å². The van der Waals surface area contributed by atoms with Gasteiger partial charge in [0.2, 0.25) is 0 Å². The number of carboxylic acid groups (broad SMARTS) is 1. The van der Waals surface area contributed by atoms with Crippen LogP contribution in [0.25, 0.3) is 0 Å². The van der Waals surface area contributed by atoms with Gasteiger partial charge >= 0.3 is 0 Å². The van der Waals surface area contributed by atoms with Crippen molar-refractivity contribution >= 4 is 5.97 Å². The first-order valence-corrected chi connectivity index (χ1v) is 5.63. The summed E-state index contributed by atoms with van der Waals surface area (Å²) >= 11 is 0. The molecule has 0 aliphatic heterocycles. The van der Waals surface area contributed by atoms with Crippen molar-refractivity contribution in [2.75, 3.05) is 7.11 Å². The molecule has 94 valence electrons. The molecule has 1 atom stereocenters. The highest BCUT2D eigenvalue weighted by Crippen LogP contribution is 2.29. The first-order valence-electron chi connectivity index (χ1n) is 5.63. The van der Waals surface area contributed by atoms with Crippen molar-refractivity contribution in [3.63, 3.8) is 0 Å². The Morgan fingerprint density at radius 3 is 2.76 bits per heavy atom. The summed E-state index contributed by atoms with van der Waals surface area (Å²) in [5.74, 6) is -0.581. The number of carbonyl (C=O) groups excluding carboxylic acids is 1. The predicted molar refractivity (Wildman–Crippen MR) is 61.6 cm³/mol. The van der Waals surface area contributed by atoms with Gasteiger partial charge in [-0.3, -0.25) is 0 Å². The number of hydrogen-bond donors (Lipinski definition) is 1. The number of aryl methyl sites for hydroxylation is 1. The van der Waals surface area contributed by atoms with Crippen molar-refractivity contribution in [3.8, 4) is 5.75 Å². The number of aliphatic hydroxyl groups excluding tert-OH is 1. The van der Waals surface area contributed by atoms with Crippen molar-refractivity contribution in [2.24, 2.45) is 0 Å². The third-order valence-electron chi connectivity index (χ3n) is 2.68. The number of hydrogen-bond acceptors (Lipinski definition) is 4. The zero-order valence-electron chi connectivity index (χ0n) is 10.1. The van der Waals surface area contributed by atoms with E-state index < -0.39 is 12.1 Å². The van der Waals surface area contributed by atoms with Crippen molar-refractivity contribution in [1.29, 1.82) is 0 Å². The number of benzene rings is 1. The van der Waals surface area contributed by atoms with Crippen LogP contribution in [0.3, 0.4) is 0 Å². The molecule has 0 radical (unpaired) electrons. The second-order valence-corrected chi connectivity index (χ2v) is 3.86. The molecule has 0 aliphatic carbocycles. The smallest absolute Gasteiger partial charge is 0.124 e. The van der Waals surface area contributed by atoms with Gasteiger partial charge in [0.1, 0.15) is 5.75 Å². The summed E-state index contributed by atoms with van der Waals surface area (Å²) in [5, 5.41) is 20.3. The molecule has 0 fully saturated rings. The molecule has 0 saturated heterocycles. The van der Waals surface area contributed by atoms with E-state index in [0.717, 1.165) is 12.0 Å². The van der Waals surface area contributed by atoms with Gasteiger partial charge in [-0.25, -0.2) is 0 Å². The van der Waals surface area contributed by atoms with Crippen molar-refractivity contribution in [2.45, 2.75) is 32.3 Å². The van der Waals surface area contributed by atoms with Crippen LogP contribution in [0, 0.1) is 0 Å². The van der Waals surface area contributed by atoms with Gasteiger partial charge in [-0.15, -0.1) is 0 Å². The normalized spacial score (nSPS) is 12.2. The Kier molecular flexibility index (Phi) is 4.97. The van der Waals surface area contributed by atoms with Crippen LogP contribution in [0.15, 0.2) is 18.2 Å². The van der Waals surface area contributed by atoms with Crippen LogP contribution < -0.4 is 9.84 Å². The van der Waals surface area contributed by atoms with Crippen molar-refractivity contribution in [3.05, 3.63) is 29.3 Å². The lowest BCUT2D eigenvalue weighted by atomic mass is 10.0. The third kappa shape index (κ3) is 3.75. The number of rotatable bonds is 6. The third-order valence-corrected chi connectivity index (χ3v) is 2.68. The highest BCUT2D eigenvalue weighted by molar-refractivity contribution is 5.64. The van der Waals surface area contributed by atoms with E-state index >= 15 is 0 Å². The monoisotopic (exact) mass is 237 g/mol. The number of methoxy groups -OCH3 is 1. The van der Waals surface area contributed by atoms with E-state index in [1.807, 2.05) is 19.1 Å². The Hall–Kier alpha value is -1.55. The maximum Gasteiger partial charge on any atom is 0.124 e. The number of aliphatic carboxylic acids is 1. The lowest BCUT2D eigenvalue weighted by Crippen LogP contribution is -2.22. The summed E-state index contributed by atoms with van der Waals surface area (Å²) in [7, 11) is 1.52. The minimum absolute atomic E-state index is 0.131. The van der Waals surface area contributed by atoms with Crippen LogP contribution in [-0.2, 0) is 11.2 Å². The topological polar surface area (TPSA) is 69.6 Å². The van der Waals surface area contributed by atoms with E-state index in [-0.39, 0.29) is 12.8 Å². The molecule has 0 saturated carbocycles. The van der Waals surface area contributed by atoms with Gasteiger partial charge in [-0.1, -0.05) is 13.0 Å². The fraction of sp³-hybridized carbons (Fsp3) is 0.462. The second kappa shape index (κ2) is 6.25. The van der Waals surface area contributed by atoms with Crippen LogP contribution in [0.5, 0.6) is 5.75 Å². The van der Waals surface area contributed by atoms with E-state index in [0.29, 0.717) is 11.3 Å². The molecular weight excluding hydrogens is 220 g/mol. The zero-order chi connectivity index (χ0) is 12.8. The molecule has 1 rings (SSSR count). The summed E-state index contributed by atoms with van der Waals surface area (Å²) in [6, 6.07) is 5.56. The van der Waals surface area contributed by atoms with E-state index in [4.69, 9.17) is 4.74 Å².